The van der Waals surface area contributed by atoms with Crippen LogP contribution in [0.4, 0.5) is 4.39 Å². The number of benzene rings is 1. The molecule has 0 aromatic heterocycles. The molecule has 19 heavy (non-hydrogen) atoms. The van der Waals surface area contributed by atoms with E-state index in [1.54, 1.807) is 12.1 Å². The van der Waals surface area contributed by atoms with Gasteiger partial charge in [-0.3, -0.25) is 4.79 Å². The summed E-state index contributed by atoms with van der Waals surface area (Å²) in [5.41, 5.74) is 0.545. The number of carbonyl (C=O) groups excluding carboxylic acids is 1. The van der Waals surface area contributed by atoms with Crippen LogP contribution in [0, 0.1) is 11.2 Å². The summed E-state index contributed by atoms with van der Waals surface area (Å²) in [6.45, 7) is 2.27. The van der Waals surface area contributed by atoms with E-state index >= 15 is 0 Å². The van der Waals surface area contributed by atoms with E-state index < -0.39 is 0 Å². The van der Waals surface area contributed by atoms with E-state index in [-0.39, 0.29) is 35.5 Å². The smallest absolute Gasteiger partial charge is 0.228 e. The van der Waals surface area contributed by atoms with Gasteiger partial charge in [0, 0.05) is 19.0 Å². The van der Waals surface area contributed by atoms with Gasteiger partial charge in [0.2, 0.25) is 5.91 Å². The molecule has 3 rings (SSSR count). The SMILES string of the molecule is Cl.O=C1NCC(c2cccc(F)c2)C12CCCNC2. The van der Waals surface area contributed by atoms with Crippen molar-refractivity contribution >= 4 is 18.3 Å². The number of carbonyl (C=O) groups is 1. The van der Waals surface area contributed by atoms with E-state index in [9.17, 15) is 9.18 Å². The van der Waals surface area contributed by atoms with Gasteiger partial charge in [0.1, 0.15) is 5.82 Å². The van der Waals surface area contributed by atoms with Crippen LogP contribution in [0.15, 0.2) is 24.3 Å². The predicted octanol–water partition coefficient (Wildman–Crippen LogP) is 1.83. The van der Waals surface area contributed by atoms with Gasteiger partial charge < -0.3 is 10.6 Å². The van der Waals surface area contributed by atoms with E-state index in [4.69, 9.17) is 0 Å². The van der Waals surface area contributed by atoms with Gasteiger partial charge in [0.05, 0.1) is 5.41 Å². The molecule has 1 spiro atoms. The summed E-state index contributed by atoms with van der Waals surface area (Å²) >= 11 is 0. The van der Waals surface area contributed by atoms with Crippen molar-refractivity contribution in [2.45, 2.75) is 18.8 Å². The molecule has 104 valence electrons. The van der Waals surface area contributed by atoms with E-state index in [0.29, 0.717) is 13.1 Å². The van der Waals surface area contributed by atoms with Crippen LogP contribution in [0.3, 0.4) is 0 Å². The van der Waals surface area contributed by atoms with Crippen LogP contribution in [-0.4, -0.2) is 25.5 Å². The Bertz CT molecular complexity index is 474. The standard InChI is InChI=1S/C14H17FN2O.ClH/c15-11-4-1-3-10(7-11)12-8-17-13(18)14(12)5-2-6-16-9-14;/h1,3-4,7,12,16H,2,5-6,8-9H2,(H,17,18);1H. The molecule has 2 heterocycles. The molecule has 2 unspecified atom stereocenters. The predicted molar refractivity (Wildman–Crippen MR) is 73.9 cm³/mol. The number of hydrogen-bond donors (Lipinski definition) is 2. The van der Waals surface area contributed by atoms with E-state index in [1.807, 2.05) is 6.07 Å². The largest absolute Gasteiger partial charge is 0.355 e. The highest BCUT2D eigenvalue weighted by atomic mass is 35.5. The number of amides is 1. The summed E-state index contributed by atoms with van der Waals surface area (Å²) in [6, 6.07) is 6.64. The topological polar surface area (TPSA) is 41.1 Å². The Morgan fingerprint density at radius 3 is 2.89 bits per heavy atom. The molecular formula is C14H18ClFN2O. The minimum atomic E-state index is -0.383. The molecule has 2 aliphatic heterocycles. The zero-order chi connectivity index (χ0) is 12.6. The highest BCUT2D eigenvalue weighted by Gasteiger charge is 2.51. The number of halogens is 2. The first-order valence-corrected chi connectivity index (χ1v) is 6.47. The maximum atomic E-state index is 13.4. The van der Waals surface area contributed by atoms with Crippen LogP contribution in [0.5, 0.6) is 0 Å². The number of piperidine rings is 1. The summed E-state index contributed by atoms with van der Waals surface area (Å²) in [5.74, 6) is -0.0387. The monoisotopic (exact) mass is 284 g/mol. The third kappa shape index (κ3) is 2.35. The number of hydrogen-bond acceptors (Lipinski definition) is 2. The van der Waals surface area contributed by atoms with Crippen molar-refractivity contribution in [1.82, 2.24) is 10.6 Å². The Morgan fingerprint density at radius 1 is 1.37 bits per heavy atom. The van der Waals surface area contributed by atoms with Crippen LogP contribution < -0.4 is 10.6 Å². The summed E-state index contributed by atoms with van der Waals surface area (Å²) in [4.78, 5) is 12.2. The molecule has 2 N–H and O–H groups in total. The Labute approximate surface area is 118 Å². The van der Waals surface area contributed by atoms with Crippen molar-refractivity contribution < 1.29 is 9.18 Å². The van der Waals surface area contributed by atoms with Crippen molar-refractivity contribution in [3.05, 3.63) is 35.6 Å². The highest BCUT2D eigenvalue weighted by molar-refractivity contribution is 5.87. The summed E-state index contributed by atoms with van der Waals surface area (Å²) in [6.07, 6.45) is 1.88. The first kappa shape index (κ1) is 14.3. The molecule has 0 saturated carbocycles. The minimum Gasteiger partial charge on any atom is -0.355 e. The quantitative estimate of drug-likeness (QED) is 0.826. The van der Waals surface area contributed by atoms with Crippen molar-refractivity contribution in [2.24, 2.45) is 5.41 Å². The molecule has 2 fully saturated rings. The van der Waals surface area contributed by atoms with E-state index in [1.165, 1.54) is 6.07 Å². The summed E-state index contributed by atoms with van der Waals surface area (Å²) in [7, 11) is 0. The van der Waals surface area contributed by atoms with Crippen molar-refractivity contribution in [3.8, 4) is 0 Å². The Balaban J connectivity index is 0.00000133. The lowest BCUT2D eigenvalue weighted by atomic mass is 9.69. The molecule has 0 bridgehead atoms. The lowest BCUT2D eigenvalue weighted by molar-refractivity contribution is -0.129. The van der Waals surface area contributed by atoms with Gasteiger partial charge in [-0.1, -0.05) is 12.1 Å². The molecule has 2 saturated heterocycles. The lowest BCUT2D eigenvalue weighted by Gasteiger charge is -2.36. The van der Waals surface area contributed by atoms with Crippen LogP contribution >= 0.6 is 12.4 Å². The molecule has 3 nitrogen and oxygen atoms in total. The molecule has 2 atom stereocenters. The summed E-state index contributed by atoms with van der Waals surface area (Å²) in [5, 5.41) is 6.25. The second-order valence-corrected chi connectivity index (χ2v) is 5.25. The van der Waals surface area contributed by atoms with Crippen LogP contribution in [-0.2, 0) is 4.79 Å². The average molecular weight is 285 g/mol. The third-order valence-electron chi connectivity index (χ3n) is 4.25. The molecule has 0 aliphatic carbocycles. The van der Waals surface area contributed by atoms with Gasteiger partial charge in [0.25, 0.3) is 0 Å². The number of rotatable bonds is 1. The first-order valence-electron chi connectivity index (χ1n) is 6.47. The maximum absolute atomic E-state index is 13.4. The fraction of sp³-hybridized carbons (Fsp3) is 0.500. The molecule has 1 aromatic carbocycles. The van der Waals surface area contributed by atoms with E-state index in [2.05, 4.69) is 10.6 Å². The number of nitrogens with one attached hydrogen (secondary N) is 2. The zero-order valence-corrected chi connectivity index (χ0v) is 11.4. The van der Waals surface area contributed by atoms with Crippen LogP contribution in [0.2, 0.25) is 0 Å². The fourth-order valence-corrected chi connectivity index (χ4v) is 3.30. The lowest BCUT2D eigenvalue weighted by Crippen LogP contribution is -2.47. The molecule has 1 amide bonds. The Hall–Kier alpha value is -1.13. The Morgan fingerprint density at radius 2 is 2.21 bits per heavy atom. The maximum Gasteiger partial charge on any atom is 0.228 e. The molecular weight excluding hydrogens is 267 g/mol. The van der Waals surface area contributed by atoms with Crippen LogP contribution in [0.25, 0.3) is 0 Å². The second-order valence-electron chi connectivity index (χ2n) is 5.25. The van der Waals surface area contributed by atoms with Crippen molar-refractivity contribution in [1.29, 1.82) is 0 Å². The minimum absolute atomic E-state index is 0. The Kier molecular flexibility index (Phi) is 4.11. The van der Waals surface area contributed by atoms with Crippen molar-refractivity contribution in [2.75, 3.05) is 19.6 Å². The normalized spacial score (nSPS) is 29.9. The summed E-state index contributed by atoms with van der Waals surface area (Å²) < 4.78 is 13.4. The molecule has 2 aliphatic rings. The van der Waals surface area contributed by atoms with Gasteiger partial charge in [-0.15, -0.1) is 12.4 Å². The van der Waals surface area contributed by atoms with Crippen molar-refractivity contribution in [3.63, 3.8) is 0 Å². The van der Waals surface area contributed by atoms with Gasteiger partial charge >= 0.3 is 0 Å². The average Bonchev–Trinajstić information content (AvgIpc) is 2.68. The molecule has 1 aromatic rings. The van der Waals surface area contributed by atoms with Gasteiger partial charge in [0.15, 0.2) is 0 Å². The van der Waals surface area contributed by atoms with Gasteiger partial charge in [-0.2, -0.15) is 0 Å². The third-order valence-corrected chi connectivity index (χ3v) is 4.25. The van der Waals surface area contributed by atoms with Gasteiger partial charge in [-0.25, -0.2) is 4.39 Å². The fourth-order valence-electron chi connectivity index (χ4n) is 3.30. The first-order chi connectivity index (χ1) is 8.72. The van der Waals surface area contributed by atoms with Gasteiger partial charge in [-0.05, 0) is 37.1 Å². The molecule has 5 heteroatoms. The zero-order valence-electron chi connectivity index (χ0n) is 10.6. The van der Waals surface area contributed by atoms with Crippen LogP contribution in [0.1, 0.15) is 24.3 Å². The van der Waals surface area contributed by atoms with E-state index in [0.717, 1.165) is 24.9 Å². The second kappa shape index (κ2) is 5.47. The highest BCUT2D eigenvalue weighted by Crippen LogP contribution is 2.44. The molecule has 0 radical (unpaired) electrons.